The highest BCUT2D eigenvalue weighted by atomic mass is 32.1. The Labute approximate surface area is 106 Å². The molecule has 0 unspecified atom stereocenters. The zero-order valence-electron chi connectivity index (χ0n) is 10.4. The number of nitrogens with zero attached hydrogens (tertiary/aromatic N) is 2. The zero-order chi connectivity index (χ0) is 12.6. The summed E-state index contributed by atoms with van der Waals surface area (Å²) in [5.74, 6) is 1.36. The van der Waals surface area contributed by atoms with Crippen molar-refractivity contribution in [3.05, 3.63) is 10.6 Å². The maximum atomic E-state index is 11.9. The second kappa shape index (κ2) is 4.25. The molecule has 1 aliphatic carbocycles. The van der Waals surface area contributed by atoms with Gasteiger partial charge in [-0.2, -0.15) is 5.10 Å². The summed E-state index contributed by atoms with van der Waals surface area (Å²) in [5, 5.41) is 9.88. The lowest BCUT2D eigenvalue weighted by Crippen LogP contribution is -2.42. The van der Waals surface area contributed by atoms with Crippen molar-refractivity contribution in [3.63, 3.8) is 0 Å². The number of aromatic nitrogens is 3. The van der Waals surface area contributed by atoms with Crippen LogP contribution in [0.4, 0.5) is 0 Å². The molecule has 0 radical (unpaired) electrons. The van der Waals surface area contributed by atoms with Gasteiger partial charge in [0.1, 0.15) is 12.4 Å². The maximum absolute atomic E-state index is 11.9. The Kier molecular flexibility index (Phi) is 3.07. The zero-order valence-corrected chi connectivity index (χ0v) is 11.2. The number of aromatic amines is 1. The number of amides is 1. The highest BCUT2D eigenvalue weighted by Crippen LogP contribution is 2.38. The molecule has 0 aromatic carbocycles. The van der Waals surface area contributed by atoms with Crippen molar-refractivity contribution in [1.29, 1.82) is 0 Å². The third kappa shape index (κ3) is 3.15. The van der Waals surface area contributed by atoms with E-state index in [9.17, 15) is 4.79 Å². The van der Waals surface area contributed by atoms with Crippen LogP contribution >= 0.6 is 12.2 Å². The van der Waals surface area contributed by atoms with E-state index in [4.69, 9.17) is 12.2 Å². The summed E-state index contributed by atoms with van der Waals surface area (Å²) in [6.07, 6.45) is 2.28. The average Bonchev–Trinajstić information content (AvgIpc) is 2.92. The maximum Gasteiger partial charge on any atom is 0.240 e. The number of nitrogens with one attached hydrogen (secondary N) is 2. The fraction of sp³-hybridized carbons (Fsp3) is 0.727. The van der Waals surface area contributed by atoms with E-state index in [0.717, 1.165) is 18.7 Å². The predicted octanol–water partition coefficient (Wildman–Crippen LogP) is 1.73. The molecule has 1 heterocycles. The largest absolute Gasteiger partial charge is 0.350 e. The Bertz CT molecular complexity index is 478. The monoisotopic (exact) mass is 254 g/mol. The number of H-pyrrole nitrogens is 1. The van der Waals surface area contributed by atoms with Gasteiger partial charge < -0.3 is 5.32 Å². The lowest BCUT2D eigenvalue weighted by atomic mass is 10.1. The van der Waals surface area contributed by atoms with Crippen LogP contribution in [-0.2, 0) is 11.3 Å². The molecule has 1 aliphatic rings. The molecule has 0 bridgehead atoms. The highest BCUT2D eigenvalue weighted by molar-refractivity contribution is 7.71. The molecule has 1 amide bonds. The summed E-state index contributed by atoms with van der Waals surface area (Å²) in [6.45, 7) is 6.13. The molecule has 94 valence electrons. The van der Waals surface area contributed by atoms with Crippen molar-refractivity contribution >= 4 is 18.1 Å². The smallest absolute Gasteiger partial charge is 0.240 e. The fourth-order valence-corrected chi connectivity index (χ4v) is 1.94. The first-order valence-corrected chi connectivity index (χ1v) is 6.24. The van der Waals surface area contributed by atoms with Gasteiger partial charge in [0.2, 0.25) is 5.91 Å². The van der Waals surface area contributed by atoms with Crippen LogP contribution in [0.15, 0.2) is 0 Å². The topological polar surface area (TPSA) is 62.7 Å². The summed E-state index contributed by atoms with van der Waals surface area (Å²) in [6, 6.07) is 0. The van der Waals surface area contributed by atoms with Gasteiger partial charge in [-0.1, -0.05) is 0 Å². The molecule has 2 rings (SSSR count). The summed E-state index contributed by atoms with van der Waals surface area (Å²) < 4.78 is 2.32. The molecule has 0 spiro atoms. The van der Waals surface area contributed by atoms with Crippen LogP contribution < -0.4 is 5.32 Å². The van der Waals surface area contributed by atoms with Crippen LogP contribution in [-0.4, -0.2) is 26.2 Å². The standard InChI is InChI=1S/C11H18N4OS/c1-11(2,3)12-8(16)6-15-9(7-4-5-7)13-14-10(15)17/h7H,4-6H2,1-3H3,(H,12,16)(H,14,17). The molecule has 1 aromatic rings. The lowest BCUT2D eigenvalue weighted by Gasteiger charge is -2.20. The van der Waals surface area contributed by atoms with Crippen LogP contribution in [0.1, 0.15) is 45.4 Å². The Morgan fingerprint density at radius 1 is 1.59 bits per heavy atom. The van der Waals surface area contributed by atoms with E-state index in [0.29, 0.717) is 10.7 Å². The minimum atomic E-state index is -0.220. The van der Waals surface area contributed by atoms with Gasteiger partial charge in [-0.3, -0.25) is 14.5 Å². The van der Waals surface area contributed by atoms with E-state index < -0.39 is 0 Å². The summed E-state index contributed by atoms with van der Waals surface area (Å²) in [4.78, 5) is 11.9. The molecule has 0 aliphatic heterocycles. The predicted molar refractivity (Wildman–Crippen MR) is 67.3 cm³/mol. The molecule has 5 nitrogen and oxygen atoms in total. The second-order valence-electron chi connectivity index (χ2n) is 5.55. The molecule has 1 saturated carbocycles. The van der Waals surface area contributed by atoms with Gasteiger partial charge in [0.15, 0.2) is 4.77 Å². The van der Waals surface area contributed by atoms with E-state index >= 15 is 0 Å². The van der Waals surface area contributed by atoms with Crippen molar-refractivity contribution < 1.29 is 4.79 Å². The number of hydrogen-bond donors (Lipinski definition) is 2. The Balaban J connectivity index is 2.10. The Morgan fingerprint density at radius 3 is 2.76 bits per heavy atom. The second-order valence-corrected chi connectivity index (χ2v) is 5.93. The summed E-state index contributed by atoms with van der Waals surface area (Å²) >= 11 is 5.14. The number of carbonyl (C=O) groups is 1. The molecular formula is C11H18N4OS. The van der Waals surface area contributed by atoms with Crippen molar-refractivity contribution in [2.45, 2.75) is 51.6 Å². The molecular weight excluding hydrogens is 236 g/mol. The van der Waals surface area contributed by atoms with Crippen molar-refractivity contribution in [2.75, 3.05) is 0 Å². The van der Waals surface area contributed by atoms with Crippen molar-refractivity contribution in [1.82, 2.24) is 20.1 Å². The summed E-state index contributed by atoms with van der Waals surface area (Å²) in [7, 11) is 0. The molecule has 0 saturated heterocycles. The van der Waals surface area contributed by atoms with Gasteiger partial charge in [-0.15, -0.1) is 0 Å². The first kappa shape index (κ1) is 12.3. The van der Waals surface area contributed by atoms with Crippen molar-refractivity contribution in [3.8, 4) is 0 Å². The van der Waals surface area contributed by atoms with Crippen LogP contribution in [0, 0.1) is 4.77 Å². The van der Waals surface area contributed by atoms with E-state index in [1.54, 1.807) is 4.57 Å². The lowest BCUT2D eigenvalue weighted by molar-refractivity contribution is -0.123. The first-order valence-electron chi connectivity index (χ1n) is 5.83. The van der Waals surface area contributed by atoms with E-state index in [1.807, 2.05) is 20.8 Å². The van der Waals surface area contributed by atoms with Gasteiger partial charge in [0.25, 0.3) is 0 Å². The SMILES string of the molecule is CC(C)(C)NC(=O)Cn1c(C2CC2)n[nH]c1=S. The minimum Gasteiger partial charge on any atom is -0.350 e. The van der Waals surface area contributed by atoms with Gasteiger partial charge in [-0.25, -0.2) is 0 Å². The van der Waals surface area contributed by atoms with Crippen LogP contribution in [0.3, 0.4) is 0 Å². The van der Waals surface area contributed by atoms with Gasteiger partial charge >= 0.3 is 0 Å². The van der Waals surface area contributed by atoms with Gasteiger partial charge in [0.05, 0.1) is 0 Å². The molecule has 1 fully saturated rings. The first-order chi connectivity index (χ1) is 7.87. The quantitative estimate of drug-likeness (QED) is 0.808. The normalized spacial score (nSPS) is 15.9. The number of rotatable bonds is 3. The van der Waals surface area contributed by atoms with E-state index in [2.05, 4.69) is 15.5 Å². The summed E-state index contributed by atoms with van der Waals surface area (Å²) in [5.41, 5.74) is -0.220. The van der Waals surface area contributed by atoms with Gasteiger partial charge in [0, 0.05) is 11.5 Å². The van der Waals surface area contributed by atoms with E-state index in [1.165, 1.54) is 0 Å². The molecule has 2 N–H and O–H groups in total. The number of carbonyl (C=O) groups excluding carboxylic acids is 1. The average molecular weight is 254 g/mol. The third-order valence-corrected chi connectivity index (χ3v) is 2.86. The molecule has 1 aromatic heterocycles. The highest BCUT2D eigenvalue weighted by Gasteiger charge is 2.29. The van der Waals surface area contributed by atoms with Crippen LogP contribution in [0.2, 0.25) is 0 Å². The molecule has 0 atom stereocenters. The minimum absolute atomic E-state index is 0.0306. The third-order valence-electron chi connectivity index (χ3n) is 2.55. The Hall–Kier alpha value is -1.17. The fourth-order valence-electron chi connectivity index (χ4n) is 1.74. The van der Waals surface area contributed by atoms with Crippen molar-refractivity contribution in [2.24, 2.45) is 0 Å². The van der Waals surface area contributed by atoms with Crippen LogP contribution in [0.5, 0.6) is 0 Å². The van der Waals surface area contributed by atoms with Gasteiger partial charge in [-0.05, 0) is 45.8 Å². The number of hydrogen-bond acceptors (Lipinski definition) is 3. The molecule has 17 heavy (non-hydrogen) atoms. The van der Waals surface area contributed by atoms with Crippen LogP contribution in [0.25, 0.3) is 0 Å². The van der Waals surface area contributed by atoms with E-state index in [-0.39, 0.29) is 18.0 Å². The molecule has 6 heteroatoms. The Morgan fingerprint density at radius 2 is 2.24 bits per heavy atom.